The standard InChI is InChI=1S/C35H65NO6/c1-2-3-4-5-6-7-8-9-10-11-12-13-14-15-16-17-18-19-20-21-22-29-36(30-23-26-33(37)38,31-24-27-34(39)40)32-25-28-35(41)42/h18-19H,2-17,20-32H2,1H3,(H2-,37,38,39,40,41,42)/b19-18+. The van der Waals surface area contributed by atoms with Crippen molar-refractivity contribution in [2.24, 2.45) is 0 Å². The summed E-state index contributed by atoms with van der Waals surface area (Å²) >= 11 is 0. The minimum absolute atomic E-state index is 0.0279. The van der Waals surface area contributed by atoms with E-state index in [2.05, 4.69) is 19.1 Å². The third-order valence-electron chi connectivity index (χ3n) is 8.45. The molecule has 7 heteroatoms. The van der Waals surface area contributed by atoms with Gasteiger partial charge in [-0.3, -0.25) is 9.59 Å². The molecule has 0 heterocycles. The third kappa shape index (κ3) is 28.2. The fourth-order valence-electron chi connectivity index (χ4n) is 5.94. The second-order valence-electron chi connectivity index (χ2n) is 12.4. The maximum Gasteiger partial charge on any atom is 0.303 e. The first-order valence-electron chi connectivity index (χ1n) is 17.4. The highest BCUT2D eigenvalue weighted by molar-refractivity contribution is 5.66. The van der Waals surface area contributed by atoms with E-state index in [1.807, 2.05) is 0 Å². The number of hydrogen-bond donors (Lipinski definition) is 2. The quantitative estimate of drug-likeness (QED) is 0.0451. The van der Waals surface area contributed by atoms with E-state index in [4.69, 9.17) is 10.2 Å². The van der Waals surface area contributed by atoms with Crippen molar-refractivity contribution in [2.75, 3.05) is 26.2 Å². The first-order chi connectivity index (χ1) is 20.3. The monoisotopic (exact) mass is 595 g/mol. The smallest absolute Gasteiger partial charge is 0.303 e. The van der Waals surface area contributed by atoms with Gasteiger partial charge in [0.05, 0.1) is 39.0 Å². The molecule has 246 valence electrons. The molecule has 0 aliphatic heterocycles. The average Bonchev–Trinajstić information content (AvgIpc) is 2.93. The Hall–Kier alpha value is -1.89. The molecule has 0 radical (unpaired) electrons. The molecule has 0 aromatic heterocycles. The summed E-state index contributed by atoms with van der Waals surface area (Å²) in [4.78, 5) is 33.1. The van der Waals surface area contributed by atoms with Gasteiger partial charge in [0.2, 0.25) is 0 Å². The molecule has 0 spiro atoms. The number of carbonyl (C=O) groups is 3. The van der Waals surface area contributed by atoms with Crippen LogP contribution in [0.1, 0.15) is 167 Å². The molecular formula is C35H65NO6. The van der Waals surface area contributed by atoms with E-state index in [1.54, 1.807) is 0 Å². The zero-order valence-corrected chi connectivity index (χ0v) is 27.1. The van der Waals surface area contributed by atoms with Crippen LogP contribution in [0.3, 0.4) is 0 Å². The van der Waals surface area contributed by atoms with E-state index in [9.17, 15) is 19.5 Å². The van der Waals surface area contributed by atoms with Gasteiger partial charge in [0.25, 0.3) is 0 Å². The van der Waals surface area contributed by atoms with Gasteiger partial charge in [0, 0.05) is 25.2 Å². The van der Waals surface area contributed by atoms with Crippen molar-refractivity contribution in [3.05, 3.63) is 12.2 Å². The van der Waals surface area contributed by atoms with Crippen molar-refractivity contribution in [1.29, 1.82) is 0 Å². The summed E-state index contributed by atoms with van der Waals surface area (Å²) < 4.78 is 0.594. The first kappa shape index (κ1) is 40.1. The predicted molar refractivity (Wildman–Crippen MR) is 170 cm³/mol. The number of quaternary nitrogens is 1. The Morgan fingerprint density at radius 2 is 0.833 bits per heavy atom. The number of carboxylic acid groups (broad SMARTS) is 3. The maximum atomic E-state index is 11.1. The molecule has 0 unspecified atom stereocenters. The highest BCUT2D eigenvalue weighted by Crippen LogP contribution is 2.18. The lowest BCUT2D eigenvalue weighted by atomic mass is 10.0. The molecular weight excluding hydrogens is 530 g/mol. The number of hydrogen-bond acceptors (Lipinski definition) is 4. The molecule has 0 aromatic carbocycles. The Morgan fingerprint density at radius 1 is 0.500 bits per heavy atom. The van der Waals surface area contributed by atoms with Gasteiger partial charge in [-0.2, -0.15) is 0 Å². The largest absolute Gasteiger partial charge is 0.550 e. The van der Waals surface area contributed by atoms with E-state index in [-0.39, 0.29) is 19.3 Å². The minimum Gasteiger partial charge on any atom is -0.550 e. The summed E-state index contributed by atoms with van der Waals surface area (Å²) in [5.41, 5.74) is 0. The van der Waals surface area contributed by atoms with E-state index >= 15 is 0 Å². The number of unbranched alkanes of at least 4 members (excludes halogenated alkanes) is 17. The third-order valence-corrected chi connectivity index (χ3v) is 8.45. The number of nitrogens with zero attached hydrogens (tertiary/aromatic N) is 1. The van der Waals surface area contributed by atoms with E-state index in [1.165, 1.54) is 96.3 Å². The number of carboxylic acids is 3. The molecule has 0 aliphatic rings. The number of allylic oxidation sites excluding steroid dienone is 2. The van der Waals surface area contributed by atoms with Crippen molar-refractivity contribution >= 4 is 17.9 Å². The number of rotatable bonds is 33. The minimum atomic E-state index is -1.08. The summed E-state index contributed by atoms with van der Waals surface area (Å²) in [6, 6.07) is 0. The Balaban J connectivity index is 4.09. The summed E-state index contributed by atoms with van der Waals surface area (Å²) in [6.45, 7) is 4.97. The van der Waals surface area contributed by atoms with Crippen LogP contribution in [0.2, 0.25) is 0 Å². The zero-order chi connectivity index (χ0) is 31.2. The Bertz CT molecular complexity index is 643. The van der Waals surface area contributed by atoms with Gasteiger partial charge in [-0.05, 0) is 38.5 Å². The molecule has 2 N–H and O–H groups in total. The average molecular weight is 596 g/mol. The molecule has 0 aliphatic carbocycles. The molecule has 7 nitrogen and oxygen atoms in total. The Kier molecular flexibility index (Phi) is 27.9. The van der Waals surface area contributed by atoms with Crippen molar-refractivity contribution in [1.82, 2.24) is 0 Å². The van der Waals surface area contributed by atoms with Crippen molar-refractivity contribution < 1.29 is 34.2 Å². The summed E-state index contributed by atoms with van der Waals surface area (Å²) in [5, 5.41) is 29.1. The van der Waals surface area contributed by atoms with Gasteiger partial charge in [-0.15, -0.1) is 0 Å². The lowest BCUT2D eigenvalue weighted by molar-refractivity contribution is -0.929. The molecule has 0 saturated carbocycles. The molecule has 0 fully saturated rings. The fraction of sp³-hybridized carbons (Fsp3) is 0.857. The van der Waals surface area contributed by atoms with Crippen LogP contribution in [0.15, 0.2) is 12.2 Å². The number of carbonyl (C=O) groups excluding carboxylic acids is 1. The molecule has 42 heavy (non-hydrogen) atoms. The van der Waals surface area contributed by atoms with Crippen LogP contribution in [-0.4, -0.2) is 58.8 Å². The van der Waals surface area contributed by atoms with Gasteiger partial charge < -0.3 is 24.6 Å². The van der Waals surface area contributed by atoms with Crippen molar-refractivity contribution in [3.8, 4) is 0 Å². The van der Waals surface area contributed by atoms with Crippen LogP contribution in [-0.2, 0) is 14.4 Å². The highest BCUT2D eigenvalue weighted by atomic mass is 16.4. The van der Waals surface area contributed by atoms with Crippen molar-refractivity contribution in [2.45, 2.75) is 167 Å². The van der Waals surface area contributed by atoms with Crippen LogP contribution in [0.5, 0.6) is 0 Å². The topological polar surface area (TPSA) is 115 Å². The van der Waals surface area contributed by atoms with Crippen molar-refractivity contribution in [3.63, 3.8) is 0 Å². The maximum absolute atomic E-state index is 11.1. The zero-order valence-electron chi connectivity index (χ0n) is 27.1. The predicted octanol–water partition coefficient (Wildman–Crippen LogP) is 8.05. The first-order valence-corrected chi connectivity index (χ1v) is 17.4. The number of aliphatic carboxylic acids is 3. The van der Waals surface area contributed by atoms with Gasteiger partial charge in [0.1, 0.15) is 0 Å². The lowest BCUT2D eigenvalue weighted by Crippen LogP contribution is -2.51. The Labute approximate surface area is 257 Å². The van der Waals surface area contributed by atoms with Gasteiger partial charge >= 0.3 is 11.9 Å². The van der Waals surface area contributed by atoms with Crippen LogP contribution < -0.4 is 5.11 Å². The normalized spacial score (nSPS) is 11.8. The summed E-state index contributed by atoms with van der Waals surface area (Å²) in [7, 11) is 0. The van der Waals surface area contributed by atoms with E-state index in [0.29, 0.717) is 43.4 Å². The van der Waals surface area contributed by atoms with Crippen LogP contribution >= 0.6 is 0 Å². The lowest BCUT2D eigenvalue weighted by Gasteiger charge is -2.39. The van der Waals surface area contributed by atoms with E-state index in [0.717, 1.165) is 32.2 Å². The molecule has 0 bridgehead atoms. The van der Waals surface area contributed by atoms with Crippen LogP contribution in [0.4, 0.5) is 0 Å². The van der Waals surface area contributed by atoms with Crippen LogP contribution in [0, 0.1) is 0 Å². The molecule has 0 amide bonds. The van der Waals surface area contributed by atoms with Crippen LogP contribution in [0.25, 0.3) is 0 Å². The SMILES string of the molecule is CCCCCCCCCCCCCCCCC/C=C/CCCC[N+](CCCC(=O)[O-])(CCCC(=O)O)CCCC(=O)O. The molecule has 0 rings (SSSR count). The van der Waals surface area contributed by atoms with Gasteiger partial charge in [-0.25, -0.2) is 0 Å². The Morgan fingerprint density at radius 3 is 1.21 bits per heavy atom. The molecule has 0 aromatic rings. The second-order valence-corrected chi connectivity index (χ2v) is 12.4. The van der Waals surface area contributed by atoms with E-state index < -0.39 is 17.9 Å². The summed E-state index contributed by atoms with van der Waals surface area (Å²) in [6.07, 6.45) is 31.0. The molecule has 0 saturated heterocycles. The highest BCUT2D eigenvalue weighted by Gasteiger charge is 2.26. The summed E-state index contributed by atoms with van der Waals surface area (Å²) in [5.74, 6) is -2.76. The van der Waals surface area contributed by atoms with Gasteiger partial charge in [-0.1, -0.05) is 109 Å². The van der Waals surface area contributed by atoms with Gasteiger partial charge in [0.15, 0.2) is 0 Å². The fourth-order valence-corrected chi connectivity index (χ4v) is 5.94. The molecule has 0 atom stereocenters. The second kappa shape index (κ2) is 29.2.